The van der Waals surface area contributed by atoms with E-state index in [2.05, 4.69) is 40.9 Å². The first-order valence-electron chi connectivity index (χ1n) is 6.94. The Kier molecular flexibility index (Phi) is 3.60. The third kappa shape index (κ3) is 2.61. The molecule has 0 fully saturated rings. The van der Waals surface area contributed by atoms with Crippen LogP contribution in [-0.2, 0) is 0 Å². The fourth-order valence-electron chi connectivity index (χ4n) is 2.49. The predicted octanol–water partition coefficient (Wildman–Crippen LogP) is 4.78. The summed E-state index contributed by atoms with van der Waals surface area (Å²) in [5.74, 6) is 0.264. The summed E-state index contributed by atoms with van der Waals surface area (Å²) in [5.41, 5.74) is 4.93. The van der Waals surface area contributed by atoms with E-state index in [1.807, 2.05) is 25.1 Å². The minimum Gasteiger partial charge on any atom is -0.253 e. The summed E-state index contributed by atoms with van der Waals surface area (Å²) >= 11 is 6.25. The molecular weight excluding hydrogens is 282 g/mol. The lowest BCUT2D eigenvalue weighted by Crippen LogP contribution is -1.99. The van der Waals surface area contributed by atoms with Crippen LogP contribution in [0.2, 0.25) is 5.15 Å². The highest BCUT2D eigenvalue weighted by molar-refractivity contribution is 6.30. The fraction of sp³-hybridized carbons (Fsp3) is 0.235. The third-order valence-electron chi connectivity index (χ3n) is 3.51. The highest BCUT2D eigenvalue weighted by atomic mass is 35.5. The van der Waals surface area contributed by atoms with Gasteiger partial charge in [0.2, 0.25) is 0 Å². The highest BCUT2D eigenvalue weighted by Gasteiger charge is 2.15. The number of pyridine rings is 1. The van der Waals surface area contributed by atoms with Crippen LogP contribution in [0.1, 0.15) is 31.0 Å². The molecule has 0 saturated heterocycles. The average Bonchev–Trinajstić information content (AvgIpc) is 2.46. The number of hydrogen-bond acceptors (Lipinski definition) is 3. The average molecular weight is 298 g/mol. The van der Waals surface area contributed by atoms with E-state index in [1.165, 1.54) is 6.33 Å². The molecule has 0 radical (unpaired) electrons. The predicted molar refractivity (Wildman–Crippen MR) is 86.6 cm³/mol. The summed E-state index contributed by atoms with van der Waals surface area (Å²) in [5, 5.41) is 1.62. The second-order valence-electron chi connectivity index (χ2n) is 5.44. The lowest BCUT2D eigenvalue weighted by molar-refractivity contribution is 0.850. The maximum Gasteiger partial charge on any atom is 0.136 e. The van der Waals surface area contributed by atoms with Crippen LogP contribution >= 0.6 is 11.6 Å². The van der Waals surface area contributed by atoms with Gasteiger partial charge < -0.3 is 0 Å². The van der Waals surface area contributed by atoms with E-state index in [0.717, 1.165) is 33.4 Å². The topological polar surface area (TPSA) is 38.7 Å². The van der Waals surface area contributed by atoms with Crippen molar-refractivity contribution in [1.82, 2.24) is 15.0 Å². The van der Waals surface area contributed by atoms with Crippen LogP contribution in [0.5, 0.6) is 0 Å². The van der Waals surface area contributed by atoms with Gasteiger partial charge >= 0.3 is 0 Å². The van der Waals surface area contributed by atoms with Gasteiger partial charge in [-0.3, -0.25) is 4.98 Å². The third-order valence-corrected chi connectivity index (χ3v) is 3.82. The number of benzene rings is 1. The fourth-order valence-corrected chi connectivity index (χ4v) is 2.84. The Bertz CT molecular complexity index is 812. The Hall–Kier alpha value is -2.00. The van der Waals surface area contributed by atoms with E-state index in [9.17, 15) is 0 Å². The molecule has 0 aliphatic rings. The van der Waals surface area contributed by atoms with Crippen molar-refractivity contribution in [2.45, 2.75) is 26.7 Å². The molecule has 1 aromatic carbocycles. The van der Waals surface area contributed by atoms with Crippen molar-refractivity contribution in [2.24, 2.45) is 0 Å². The summed E-state index contributed by atoms with van der Waals surface area (Å²) in [6.45, 7) is 6.19. The normalized spacial score (nSPS) is 11.3. The second kappa shape index (κ2) is 5.41. The summed E-state index contributed by atoms with van der Waals surface area (Å²) in [6, 6.07) is 10.3. The zero-order valence-corrected chi connectivity index (χ0v) is 13.0. The van der Waals surface area contributed by atoms with Crippen molar-refractivity contribution >= 4 is 22.5 Å². The van der Waals surface area contributed by atoms with Crippen LogP contribution in [0.25, 0.3) is 22.2 Å². The van der Waals surface area contributed by atoms with Crippen LogP contribution in [0.15, 0.2) is 36.7 Å². The van der Waals surface area contributed by atoms with Crippen LogP contribution < -0.4 is 0 Å². The van der Waals surface area contributed by atoms with E-state index in [4.69, 9.17) is 11.6 Å². The molecule has 0 aliphatic heterocycles. The number of aromatic nitrogens is 3. The summed E-state index contributed by atoms with van der Waals surface area (Å²) in [6.07, 6.45) is 1.52. The van der Waals surface area contributed by atoms with Crippen LogP contribution in [-0.4, -0.2) is 15.0 Å². The van der Waals surface area contributed by atoms with Crippen molar-refractivity contribution in [1.29, 1.82) is 0 Å². The number of aryl methyl sites for hydroxylation is 1. The lowest BCUT2D eigenvalue weighted by Gasteiger charge is -2.13. The number of fused-ring (bicyclic) bond motifs is 1. The first kappa shape index (κ1) is 14.0. The molecule has 0 bridgehead atoms. The van der Waals surface area contributed by atoms with Crippen molar-refractivity contribution in [3.63, 3.8) is 0 Å². The van der Waals surface area contributed by atoms with Gasteiger partial charge in [-0.2, -0.15) is 0 Å². The Morgan fingerprint density at radius 1 is 1.05 bits per heavy atom. The molecule has 4 heteroatoms. The smallest absolute Gasteiger partial charge is 0.136 e. The summed E-state index contributed by atoms with van der Waals surface area (Å²) in [7, 11) is 0. The first-order valence-corrected chi connectivity index (χ1v) is 7.32. The number of hydrogen-bond donors (Lipinski definition) is 0. The molecule has 0 saturated carbocycles. The van der Waals surface area contributed by atoms with E-state index in [-0.39, 0.29) is 5.92 Å². The zero-order chi connectivity index (χ0) is 15.0. The van der Waals surface area contributed by atoms with E-state index < -0.39 is 0 Å². The quantitative estimate of drug-likeness (QED) is 0.639. The molecule has 0 amide bonds. The summed E-state index contributed by atoms with van der Waals surface area (Å²) < 4.78 is 0. The van der Waals surface area contributed by atoms with Gasteiger partial charge in [0.15, 0.2) is 0 Å². The number of halogens is 1. The van der Waals surface area contributed by atoms with Gasteiger partial charge in [-0.05, 0) is 31.0 Å². The molecule has 21 heavy (non-hydrogen) atoms. The maximum absolute atomic E-state index is 6.25. The van der Waals surface area contributed by atoms with Gasteiger partial charge in [-0.15, -0.1) is 0 Å². The molecule has 0 unspecified atom stereocenters. The first-order chi connectivity index (χ1) is 10.1. The molecule has 106 valence electrons. The van der Waals surface area contributed by atoms with Crippen molar-refractivity contribution in [2.75, 3.05) is 0 Å². The van der Waals surface area contributed by atoms with Gasteiger partial charge in [-0.1, -0.05) is 37.6 Å². The molecule has 3 aromatic rings. The Balaban J connectivity index is 2.21. The van der Waals surface area contributed by atoms with Crippen molar-refractivity contribution in [3.8, 4) is 11.3 Å². The molecule has 3 rings (SSSR count). The Labute approximate surface area is 129 Å². The number of nitrogens with zero attached hydrogens (tertiary/aromatic N) is 3. The summed E-state index contributed by atoms with van der Waals surface area (Å²) in [4.78, 5) is 13.1. The molecule has 0 aliphatic carbocycles. The zero-order valence-electron chi connectivity index (χ0n) is 12.3. The van der Waals surface area contributed by atoms with Gasteiger partial charge in [-0.25, -0.2) is 9.97 Å². The van der Waals surface area contributed by atoms with Gasteiger partial charge in [0.25, 0.3) is 0 Å². The second-order valence-corrected chi connectivity index (χ2v) is 5.80. The molecule has 0 N–H and O–H groups in total. The Morgan fingerprint density at radius 3 is 2.62 bits per heavy atom. The van der Waals surface area contributed by atoms with Gasteiger partial charge in [0.05, 0.1) is 11.2 Å². The molecule has 0 atom stereocenters. The minimum atomic E-state index is 0.264. The van der Waals surface area contributed by atoms with Gasteiger partial charge in [0.1, 0.15) is 11.5 Å². The molecule has 2 heterocycles. The van der Waals surface area contributed by atoms with Crippen LogP contribution in [0, 0.1) is 6.92 Å². The van der Waals surface area contributed by atoms with E-state index in [0.29, 0.717) is 5.15 Å². The largest absolute Gasteiger partial charge is 0.253 e. The molecule has 2 aromatic heterocycles. The van der Waals surface area contributed by atoms with E-state index >= 15 is 0 Å². The lowest BCUT2D eigenvalue weighted by atomic mass is 9.97. The monoisotopic (exact) mass is 297 g/mol. The maximum atomic E-state index is 6.25. The number of rotatable bonds is 2. The van der Waals surface area contributed by atoms with Crippen LogP contribution in [0.4, 0.5) is 0 Å². The molecule has 3 nitrogen and oxygen atoms in total. The SMILES string of the molecule is Cc1ccc2cc(-c3ncnc(Cl)c3C(C)C)ccc2n1. The van der Waals surface area contributed by atoms with Crippen molar-refractivity contribution in [3.05, 3.63) is 53.1 Å². The molecule has 0 spiro atoms. The van der Waals surface area contributed by atoms with Crippen LogP contribution in [0.3, 0.4) is 0 Å². The molecular formula is C17H16ClN3. The Morgan fingerprint density at radius 2 is 1.86 bits per heavy atom. The van der Waals surface area contributed by atoms with Gasteiger partial charge in [0, 0.05) is 22.2 Å². The van der Waals surface area contributed by atoms with Crippen molar-refractivity contribution < 1.29 is 0 Å². The highest BCUT2D eigenvalue weighted by Crippen LogP contribution is 2.32. The minimum absolute atomic E-state index is 0.264. The van der Waals surface area contributed by atoms with E-state index in [1.54, 1.807) is 0 Å². The standard InChI is InChI=1S/C17H16ClN3/c1-10(2)15-16(19-9-20-17(15)18)13-6-7-14-12(8-13)5-4-11(3)21-14/h4-10H,1-3H3.